The van der Waals surface area contributed by atoms with Gasteiger partial charge < -0.3 is 14.2 Å². The van der Waals surface area contributed by atoms with Gasteiger partial charge in [0.05, 0.1) is 0 Å². The zero-order valence-corrected chi connectivity index (χ0v) is 39.3. The summed E-state index contributed by atoms with van der Waals surface area (Å²) in [5.74, 6) is -1.08. The summed E-state index contributed by atoms with van der Waals surface area (Å²) in [5.41, 5.74) is 0. The second kappa shape index (κ2) is 49.2. The SMILES string of the molecule is CC/C=C\C/C=C\C/C=C\C/C=C\C/C=C\C/C=C\CCCCC(=O)OCC(COC(=O)CCCCCCC/C=C\CCC)OC(=O)CC/C=C\C/C=C\C/C=C\C/C=C\CC. The molecule has 0 heterocycles. The molecular weight excluding hydrogens is 769 g/mol. The number of hydrogen-bond acceptors (Lipinski definition) is 6. The third-order valence-electron chi connectivity index (χ3n) is 9.36. The first-order chi connectivity index (χ1) is 30.5. The smallest absolute Gasteiger partial charge is 0.306 e. The van der Waals surface area contributed by atoms with Crippen LogP contribution in [0.4, 0.5) is 0 Å². The van der Waals surface area contributed by atoms with E-state index in [1.54, 1.807) is 0 Å². The molecule has 0 aromatic rings. The van der Waals surface area contributed by atoms with Gasteiger partial charge in [-0.3, -0.25) is 14.4 Å². The van der Waals surface area contributed by atoms with Crippen LogP contribution in [0, 0.1) is 0 Å². The lowest BCUT2D eigenvalue weighted by atomic mass is 10.1. The van der Waals surface area contributed by atoms with Crippen molar-refractivity contribution in [3.05, 3.63) is 134 Å². The molecule has 0 saturated carbocycles. The molecule has 0 amide bonds. The van der Waals surface area contributed by atoms with Gasteiger partial charge in [-0.1, -0.05) is 180 Å². The van der Waals surface area contributed by atoms with Crippen molar-refractivity contribution < 1.29 is 28.6 Å². The van der Waals surface area contributed by atoms with E-state index in [9.17, 15) is 14.4 Å². The molecule has 0 aromatic heterocycles. The Hall–Kier alpha value is -4.45. The molecule has 0 bridgehead atoms. The number of esters is 3. The molecule has 0 fully saturated rings. The van der Waals surface area contributed by atoms with E-state index in [0.717, 1.165) is 116 Å². The maximum atomic E-state index is 12.7. The average Bonchev–Trinajstić information content (AvgIpc) is 3.27. The lowest BCUT2D eigenvalue weighted by Crippen LogP contribution is -2.30. The Balaban J connectivity index is 4.53. The first-order valence-corrected chi connectivity index (χ1v) is 24.2. The number of unbranched alkanes of at least 4 members (excludes halogenated alkanes) is 8. The Labute approximate surface area is 379 Å². The van der Waals surface area contributed by atoms with E-state index in [4.69, 9.17) is 14.2 Å². The standard InChI is InChI=1S/C56H86O6/c1-4-7-10-13-16-19-22-24-25-26-27-28-29-30-31-33-34-37-40-43-46-49-55(58)61-52-53(51-60-54(57)48-45-42-39-36-21-18-15-12-9-6-3)62-56(59)50-47-44-41-38-35-32-23-20-17-14-11-8-5-2/h7-8,10-12,15-17,19-20,24-25,27-28,30-32,34-35,37,41,44,53H,4-6,9,13-14,18,21-23,26,29,33,36,38-40,42-43,45-52H2,1-3H3/b10-7-,11-8-,15-12-,19-16-,20-17-,25-24-,28-27-,31-30-,35-32-,37-34-,44-41-. The van der Waals surface area contributed by atoms with E-state index < -0.39 is 12.1 Å². The van der Waals surface area contributed by atoms with Gasteiger partial charge in [0, 0.05) is 19.3 Å². The largest absolute Gasteiger partial charge is 0.462 e. The molecule has 1 atom stereocenters. The van der Waals surface area contributed by atoms with Crippen LogP contribution in [0.2, 0.25) is 0 Å². The van der Waals surface area contributed by atoms with Gasteiger partial charge in [0.25, 0.3) is 0 Å². The van der Waals surface area contributed by atoms with E-state index in [2.05, 4.69) is 142 Å². The van der Waals surface area contributed by atoms with Crippen LogP contribution in [0.1, 0.15) is 181 Å². The fourth-order valence-corrected chi connectivity index (χ4v) is 5.81. The summed E-state index contributed by atoms with van der Waals surface area (Å²) in [6, 6.07) is 0. The Bertz CT molecular complexity index is 1400. The molecule has 0 spiro atoms. The fourth-order valence-electron chi connectivity index (χ4n) is 5.81. The van der Waals surface area contributed by atoms with Crippen LogP contribution in [-0.2, 0) is 28.6 Å². The lowest BCUT2D eigenvalue weighted by molar-refractivity contribution is -0.166. The zero-order valence-electron chi connectivity index (χ0n) is 39.3. The van der Waals surface area contributed by atoms with Crippen molar-refractivity contribution in [1.29, 1.82) is 0 Å². The van der Waals surface area contributed by atoms with Crippen LogP contribution in [-0.4, -0.2) is 37.2 Å². The van der Waals surface area contributed by atoms with Crippen molar-refractivity contribution in [2.45, 2.75) is 187 Å². The van der Waals surface area contributed by atoms with Gasteiger partial charge in [-0.05, 0) is 116 Å². The van der Waals surface area contributed by atoms with Crippen LogP contribution in [0.25, 0.3) is 0 Å². The normalized spacial score (nSPS) is 13.3. The van der Waals surface area contributed by atoms with E-state index >= 15 is 0 Å². The van der Waals surface area contributed by atoms with Crippen LogP contribution in [0.5, 0.6) is 0 Å². The predicted molar refractivity (Wildman–Crippen MR) is 265 cm³/mol. The van der Waals surface area contributed by atoms with Crippen molar-refractivity contribution in [3.63, 3.8) is 0 Å². The minimum atomic E-state index is -0.840. The number of allylic oxidation sites excluding steroid dienone is 22. The minimum absolute atomic E-state index is 0.130. The molecule has 6 heteroatoms. The third-order valence-corrected chi connectivity index (χ3v) is 9.36. The van der Waals surface area contributed by atoms with E-state index in [1.807, 2.05) is 12.2 Å². The van der Waals surface area contributed by atoms with Gasteiger partial charge >= 0.3 is 17.9 Å². The summed E-state index contributed by atoms with van der Waals surface area (Å²) < 4.78 is 16.6. The van der Waals surface area contributed by atoms with Crippen molar-refractivity contribution in [3.8, 4) is 0 Å². The number of rotatable bonds is 41. The molecule has 0 saturated heterocycles. The zero-order chi connectivity index (χ0) is 45.1. The summed E-state index contributed by atoms with van der Waals surface area (Å²) in [6.07, 6.45) is 68.8. The molecule has 0 aliphatic carbocycles. The van der Waals surface area contributed by atoms with Crippen LogP contribution in [0.3, 0.4) is 0 Å². The quantitative estimate of drug-likeness (QED) is 0.0264. The molecule has 0 rings (SSSR count). The molecule has 346 valence electrons. The highest BCUT2D eigenvalue weighted by Gasteiger charge is 2.19. The summed E-state index contributed by atoms with van der Waals surface area (Å²) in [7, 11) is 0. The van der Waals surface area contributed by atoms with Gasteiger partial charge in [-0.25, -0.2) is 0 Å². The highest BCUT2D eigenvalue weighted by Crippen LogP contribution is 2.11. The highest BCUT2D eigenvalue weighted by atomic mass is 16.6. The number of carbonyl (C=O) groups is 3. The topological polar surface area (TPSA) is 78.9 Å². The molecule has 0 aromatic carbocycles. The van der Waals surface area contributed by atoms with Crippen molar-refractivity contribution in [2.24, 2.45) is 0 Å². The Morgan fingerprint density at radius 3 is 1.10 bits per heavy atom. The minimum Gasteiger partial charge on any atom is -0.462 e. The molecule has 0 radical (unpaired) electrons. The maximum absolute atomic E-state index is 12.7. The van der Waals surface area contributed by atoms with E-state index in [-0.39, 0.29) is 38.0 Å². The predicted octanol–water partition coefficient (Wildman–Crippen LogP) is 15.9. The second-order valence-electron chi connectivity index (χ2n) is 15.2. The molecule has 0 N–H and O–H groups in total. The Kier molecular flexibility index (Phi) is 45.7. The van der Waals surface area contributed by atoms with Crippen LogP contribution < -0.4 is 0 Å². The Morgan fingerprint density at radius 2 is 0.661 bits per heavy atom. The van der Waals surface area contributed by atoms with E-state index in [1.165, 1.54) is 12.8 Å². The number of ether oxygens (including phenoxy) is 3. The number of hydrogen-bond donors (Lipinski definition) is 0. The van der Waals surface area contributed by atoms with Gasteiger partial charge in [0.1, 0.15) is 13.2 Å². The first-order valence-electron chi connectivity index (χ1n) is 24.2. The van der Waals surface area contributed by atoms with Crippen LogP contribution >= 0.6 is 0 Å². The van der Waals surface area contributed by atoms with Crippen molar-refractivity contribution in [2.75, 3.05) is 13.2 Å². The molecular formula is C56H86O6. The second-order valence-corrected chi connectivity index (χ2v) is 15.2. The van der Waals surface area contributed by atoms with Gasteiger partial charge in [0.15, 0.2) is 6.10 Å². The van der Waals surface area contributed by atoms with Crippen LogP contribution in [0.15, 0.2) is 134 Å². The average molecular weight is 855 g/mol. The highest BCUT2D eigenvalue weighted by molar-refractivity contribution is 5.71. The van der Waals surface area contributed by atoms with Crippen molar-refractivity contribution in [1.82, 2.24) is 0 Å². The molecule has 1 unspecified atom stereocenters. The summed E-state index contributed by atoms with van der Waals surface area (Å²) in [4.78, 5) is 37.8. The molecule has 0 aliphatic rings. The van der Waals surface area contributed by atoms with Crippen molar-refractivity contribution >= 4 is 17.9 Å². The van der Waals surface area contributed by atoms with Gasteiger partial charge in [-0.2, -0.15) is 0 Å². The summed E-state index contributed by atoms with van der Waals surface area (Å²) in [6.45, 7) is 6.20. The summed E-state index contributed by atoms with van der Waals surface area (Å²) >= 11 is 0. The third kappa shape index (κ3) is 46.6. The van der Waals surface area contributed by atoms with Gasteiger partial charge in [-0.15, -0.1) is 0 Å². The van der Waals surface area contributed by atoms with Gasteiger partial charge in [0.2, 0.25) is 0 Å². The fraction of sp³-hybridized carbons (Fsp3) is 0.554. The lowest BCUT2D eigenvalue weighted by Gasteiger charge is -2.18. The molecule has 6 nitrogen and oxygen atoms in total. The molecule has 0 aliphatic heterocycles. The molecule has 62 heavy (non-hydrogen) atoms. The maximum Gasteiger partial charge on any atom is 0.306 e. The van der Waals surface area contributed by atoms with E-state index in [0.29, 0.717) is 19.3 Å². The monoisotopic (exact) mass is 855 g/mol. The summed E-state index contributed by atoms with van der Waals surface area (Å²) in [5, 5.41) is 0. The Morgan fingerprint density at radius 1 is 0.339 bits per heavy atom. The first kappa shape index (κ1) is 57.5. The number of carbonyl (C=O) groups excluding carboxylic acids is 3.